The van der Waals surface area contributed by atoms with Crippen LogP contribution in [0.5, 0.6) is 0 Å². The molecule has 1 aliphatic rings. The Kier molecular flexibility index (Phi) is 3.77. The van der Waals surface area contributed by atoms with Gasteiger partial charge in [-0.25, -0.2) is 0 Å². The van der Waals surface area contributed by atoms with Gasteiger partial charge < -0.3 is 16.2 Å². The number of carbonyl (C=O) groups excluding carboxylic acids is 1. The molecule has 1 aromatic rings. The molecule has 0 saturated heterocycles. The summed E-state index contributed by atoms with van der Waals surface area (Å²) in [5.74, 6) is -0.342. The van der Waals surface area contributed by atoms with Gasteiger partial charge in [-0.05, 0) is 38.0 Å². The van der Waals surface area contributed by atoms with Gasteiger partial charge in [-0.15, -0.1) is 0 Å². The minimum Gasteiger partial charge on any atom is -0.395 e. The number of aromatic amines is 1. The van der Waals surface area contributed by atoms with Gasteiger partial charge in [0.05, 0.1) is 17.0 Å². The molecule has 112 valence electrons. The molecule has 1 aromatic heterocycles. The van der Waals surface area contributed by atoms with Crippen molar-refractivity contribution in [2.75, 3.05) is 12.3 Å². The molecule has 0 bridgehead atoms. The van der Waals surface area contributed by atoms with E-state index in [-0.39, 0.29) is 23.6 Å². The highest BCUT2D eigenvalue weighted by molar-refractivity contribution is 5.97. The number of nitrogens with zero attached hydrogens (tertiary/aromatic N) is 1. The summed E-state index contributed by atoms with van der Waals surface area (Å²) in [6, 6.07) is 0. The molecule has 1 heterocycles. The third-order valence-electron chi connectivity index (χ3n) is 4.32. The lowest BCUT2D eigenvalue weighted by atomic mass is 9.71. The van der Waals surface area contributed by atoms with E-state index in [9.17, 15) is 9.90 Å². The van der Waals surface area contributed by atoms with Crippen molar-refractivity contribution in [1.29, 1.82) is 0 Å². The van der Waals surface area contributed by atoms with E-state index >= 15 is 0 Å². The third kappa shape index (κ3) is 3.12. The Labute approximate surface area is 119 Å². The van der Waals surface area contributed by atoms with Crippen LogP contribution in [-0.2, 0) is 0 Å². The number of nitrogens with one attached hydrogen (secondary N) is 2. The number of nitrogens with two attached hydrogens (primary N) is 1. The van der Waals surface area contributed by atoms with E-state index < -0.39 is 5.60 Å². The molecule has 1 aliphatic carbocycles. The summed E-state index contributed by atoms with van der Waals surface area (Å²) < 4.78 is 0. The highest BCUT2D eigenvalue weighted by Crippen LogP contribution is 2.39. The van der Waals surface area contributed by atoms with Gasteiger partial charge in [-0.2, -0.15) is 5.10 Å². The number of rotatable bonds is 3. The van der Waals surface area contributed by atoms with Crippen LogP contribution in [0.25, 0.3) is 0 Å². The van der Waals surface area contributed by atoms with E-state index in [4.69, 9.17) is 5.73 Å². The molecule has 1 saturated carbocycles. The van der Waals surface area contributed by atoms with Crippen molar-refractivity contribution < 1.29 is 9.90 Å². The van der Waals surface area contributed by atoms with Gasteiger partial charge in [0.25, 0.3) is 5.91 Å². The van der Waals surface area contributed by atoms with Gasteiger partial charge in [-0.3, -0.25) is 9.89 Å². The van der Waals surface area contributed by atoms with E-state index in [2.05, 4.69) is 29.4 Å². The Balaban J connectivity index is 1.92. The second-order valence-corrected chi connectivity index (χ2v) is 6.68. The number of H-pyrrole nitrogens is 1. The quantitative estimate of drug-likeness (QED) is 0.671. The van der Waals surface area contributed by atoms with Gasteiger partial charge >= 0.3 is 0 Å². The van der Waals surface area contributed by atoms with Crippen molar-refractivity contribution in [1.82, 2.24) is 15.5 Å². The molecule has 0 aliphatic heterocycles. The summed E-state index contributed by atoms with van der Waals surface area (Å²) in [7, 11) is 0. The zero-order valence-corrected chi connectivity index (χ0v) is 12.4. The molecule has 20 heavy (non-hydrogen) atoms. The molecule has 0 spiro atoms. The van der Waals surface area contributed by atoms with Gasteiger partial charge in [-0.1, -0.05) is 13.8 Å². The molecule has 0 atom stereocenters. The second kappa shape index (κ2) is 5.09. The molecule has 6 heteroatoms. The number of hydrogen-bond donors (Lipinski definition) is 4. The Bertz CT molecular complexity index is 497. The van der Waals surface area contributed by atoms with Crippen LogP contribution in [0.3, 0.4) is 0 Å². The third-order valence-corrected chi connectivity index (χ3v) is 4.32. The fourth-order valence-corrected chi connectivity index (χ4v) is 2.51. The standard InChI is InChI=1S/C14H24N4O2/c1-9-10(15)11(18-17-9)12(19)16-8-14(20)6-4-13(2,3)5-7-14/h20H,4-8,15H2,1-3H3,(H,16,19)(H,17,18). The van der Waals surface area contributed by atoms with Gasteiger partial charge in [0.2, 0.25) is 0 Å². The van der Waals surface area contributed by atoms with Gasteiger partial charge in [0.15, 0.2) is 5.69 Å². The summed E-state index contributed by atoms with van der Waals surface area (Å²) in [5.41, 5.74) is 6.46. The number of anilines is 1. The van der Waals surface area contributed by atoms with E-state index in [1.54, 1.807) is 6.92 Å². The van der Waals surface area contributed by atoms with Gasteiger partial charge in [0, 0.05) is 6.54 Å². The largest absolute Gasteiger partial charge is 0.395 e. The minimum absolute atomic E-state index is 0.197. The lowest BCUT2D eigenvalue weighted by molar-refractivity contribution is -0.0233. The fraction of sp³-hybridized carbons (Fsp3) is 0.714. The number of nitrogen functional groups attached to an aromatic ring is 1. The van der Waals surface area contributed by atoms with Crippen LogP contribution in [0, 0.1) is 12.3 Å². The first kappa shape index (κ1) is 14.8. The number of carbonyl (C=O) groups is 1. The van der Waals surface area contributed by atoms with E-state index in [0.29, 0.717) is 24.2 Å². The lowest BCUT2D eigenvalue weighted by Crippen LogP contribution is -2.46. The van der Waals surface area contributed by atoms with Crippen molar-refractivity contribution in [3.63, 3.8) is 0 Å². The molecule has 5 N–H and O–H groups in total. The predicted octanol–water partition coefficient (Wildman–Crippen LogP) is 1.36. The maximum atomic E-state index is 12.0. The van der Waals surface area contributed by atoms with Crippen molar-refractivity contribution >= 4 is 11.6 Å². The van der Waals surface area contributed by atoms with Gasteiger partial charge in [0.1, 0.15) is 0 Å². The molecular formula is C14H24N4O2. The predicted molar refractivity (Wildman–Crippen MR) is 77.3 cm³/mol. The number of aryl methyl sites for hydroxylation is 1. The highest BCUT2D eigenvalue weighted by atomic mass is 16.3. The summed E-state index contributed by atoms with van der Waals surface area (Å²) in [6.45, 7) is 6.42. The summed E-state index contributed by atoms with van der Waals surface area (Å²) >= 11 is 0. The monoisotopic (exact) mass is 280 g/mol. The van der Waals surface area contributed by atoms with Crippen LogP contribution in [-0.4, -0.2) is 33.4 Å². The fourth-order valence-electron chi connectivity index (χ4n) is 2.51. The van der Waals surface area contributed by atoms with E-state index in [0.717, 1.165) is 12.8 Å². The van der Waals surface area contributed by atoms with Crippen molar-refractivity contribution in [2.24, 2.45) is 5.41 Å². The first-order valence-electron chi connectivity index (χ1n) is 7.03. The first-order valence-corrected chi connectivity index (χ1v) is 7.03. The van der Waals surface area contributed by atoms with Crippen LogP contribution < -0.4 is 11.1 Å². The molecule has 0 aromatic carbocycles. The number of aromatic nitrogens is 2. The molecular weight excluding hydrogens is 256 g/mol. The molecule has 6 nitrogen and oxygen atoms in total. The van der Waals surface area contributed by atoms with Crippen LogP contribution in [0.4, 0.5) is 5.69 Å². The van der Waals surface area contributed by atoms with Crippen LogP contribution >= 0.6 is 0 Å². The summed E-state index contributed by atoms with van der Waals surface area (Å²) in [5, 5.41) is 19.8. The smallest absolute Gasteiger partial charge is 0.274 e. The molecule has 0 radical (unpaired) electrons. The molecule has 1 amide bonds. The number of amides is 1. The maximum Gasteiger partial charge on any atom is 0.274 e. The minimum atomic E-state index is -0.814. The SMILES string of the molecule is Cc1[nH]nc(C(=O)NCC2(O)CCC(C)(C)CC2)c1N. The van der Waals surface area contributed by atoms with Crippen molar-refractivity contribution in [3.8, 4) is 0 Å². The Morgan fingerprint density at radius 3 is 2.50 bits per heavy atom. The second-order valence-electron chi connectivity index (χ2n) is 6.68. The average molecular weight is 280 g/mol. The normalized spacial score (nSPS) is 20.6. The Morgan fingerprint density at radius 2 is 2.00 bits per heavy atom. The summed E-state index contributed by atoms with van der Waals surface area (Å²) in [6.07, 6.45) is 3.33. The lowest BCUT2D eigenvalue weighted by Gasteiger charge is -2.40. The van der Waals surface area contributed by atoms with Crippen molar-refractivity contribution in [2.45, 2.75) is 52.1 Å². The van der Waals surface area contributed by atoms with E-state index in [1.165, 1.54) is 0 Å². The number of aliphatic hydroxyl groups is 1. The zero-order valence-electron chi connectivity index (χ0n) is 12.4. The average Bonchev–Trinajstić information content (AvgIpc) is 2.72. The van der Waals surface area contributed by atoms with Crippen LogP contribution in [0.2, 0.25) is 0 Å². The van der Waals surface area contributed by atoms with E-state index in [1.807, 2.05) is 0 Å². The van der Waals surface area contributed by atoms with Crippen molar-refractivity contribution in [3.05, 3.63) is 11.4 Å². The molecule has 0 unspecified atom stereocenters. The molecule has 1 fully saturated rings. The van der Waals surface area contributed by atoms with Crippen LogP contribution in [0.1, 0.15) is 55.7 Å². The highest BCUT2D eigenvalue weighted by Gasteiger charge is 2.37. The Morgan fingerprint density at radius 1 is 1.40 bits per heavy atom. The zero-order chi connectivity index (χ0) is 15.0. The number of hydrogen-bond acceptors (Lipinski definition) is 4. The Hall–Kier alpha value is -1.56. The molecule has 2 rings (SSSR count). The maximum absolute atomic E-state index is 12.0. The topological polar surface area (TPSA) is 104 Å². The van der Waals surface area contributed by atoms with Crippen LogP contribution in [0.15, 0.2) is 0 Å². The first-order chi connectivity index (χ1) is 9.22. The summed E-state index contributed by atoms with van der Waals surface area (Å²) in [4.78, 5) is 12.0.